The van der Waals surface area contributed by atoms with Crippen LogP contribution in [-0.4, -0.2) is 13.1 Å². The van der Waals surface area contributed by atoms with Gasteiger partial charge < -0.3 is 5.32 Å². The molecular weight excluding hydrogens is 360 g/mol. The summed E-state index contributed by atoms with van der Waals surface area (Å²) in [5.41, 5.74) is 0. The number of hydrogen-bond donors (Lipinski definition) is 0. The van der Waals surface area contributed by atoms with Crippen LogP contribution in [0.3, 0.4) is 0 Å². The number of nitrogens with zero attached hydrogens (tertiary/aromatic N) is 1. The van der Waals surface area contributed by atoms with Crippen molar-refractivity contribution in [3.05, 3.63) is 5.32 Å². The maximum Gasteiger partial charge on any atom is 0 e. The summed E-state index contributed by atoms with van der Waals surface area (Å²) in [6.45, 7) is 8.52. The summed E-state index contributed by atoms with van der Waals surface area (Å²) < 4.78 is 0. The molecule has 0 aliphatic carbocycles. The van der Waals surface area contributed by atoms with Gasteiger partial charge in [-0.05, 0) is 5.92 Å². The van der Waals surface area contributed by atoms with Crippen LogP contribution in [0.4, 0.5) is 0 Å². The van der Waals surface area contributed by atoms with E-state index < -0.39 is 0 Å². The summed E-state index contributed by atoms with van der Waals surface area (Å²) in [7, 11) is 0. The van der Waals surface area contributed by atoms with Gasteiger partial charge in [-0.2, -0.15) is 0 Å². The third-order valence-corrected chi connectivity index (χ3v) is 1.56. The Hall–Kier alpha value is 1.01. The number of hydrogen-bond acceptors (Lipinski definition) is 0. The van der Waals surface area contributed by atoms with E-state index in [2.05, 4.69) is 12.2 Å². The Bertz CT molecular complexity index is 51.5. The SMILES string of the molecule is C.CC.CC1CC[N-]CC1.[U]. The van der Waals surface area contributed by atoms with Crippen molar-refractivity contribution in [1.82, 2.24) is 0 Å². The van der Waals surface area contributed by atoms with E-state index >= 15 is 0 Å². The average molecular weight is 382 g/mol. The molecule has 1 aliphatic rings. The molecule has 2 heteroatoms. The molecule has 68 valence electrons. The van der Waals surface area contributed by atoms with E-state index in [4.69, 9.17) is 0 Å². The third kappa shape index (κ3) is 11.0. The average Bonchev–Trinajstić information content (AvgIpc) is 1.94. The van der Waals surface area contributed by atoms with Crippen molar-refractivity contribution >= 4 is 0 Å². The van der Waals surface area contributed by atoms with Crippen LogP contribution in [0.5, 0.6) is 0 Å². The van der Waals surface area contributed by atoms with Crippen LogP contribution in [0, 0.1) is 37.0 Å². The minimum atomic E-state index is 0. The molecule has 0 spiro atoms. The molecule has 0 N–H and O–H groups in total. The fourth-order valence-corrected chi connectivity index (χ4v) is 0.879. The standard InChI is InChI=1S/C6H12N.C2H6.CH4.U/c1-6-2-4-7-5-3-6;1-2;;/h6H,2-5H2,1H3;1-2H3;1H4;/q-1;;;. The maximum atomic E-state index is 4.23. The van der Waals surface area contributed by atoms with E-state index in [1.165, 1.54) is 12.8 Å². The van der Waals surface area contributed by atoms with Gasteiger partial charge in [0.15, 0.2) is 0 Å². The fraction of sp³-hybridized carbons (Fsp3) is 1.00. The second kappa shape index (κ2) is 13.6. The van der Waals surface area contributed by atoms with Gasteiger partial charge in [-0.15, -0.1) is 13.1 Å². The summed E-state index contributed by atoms with van der Waals surface area (Å²) in [6.07, 6.45) is 2.64. The molecule has 0 aromatic carbocycles. The molecule has 0 radical (unpaired) electrons. The van der Waals surface area contributed by atoms with Crippen molar-refractivity contribution in [3.63, 3.8) is 0 Å². The first-order valence-corrected chi connectivity index (χ1v) is 4.03. The molecule has 1 heterocycles. The van der Waals surface area contributed by atoms with Crippen LogP contribution in [0.25, 0.3) is 5.32 Å². The van der Waals surface area contributed by atoms with Crippen molar-refractivity contribution in [1.29, 1.82) is 0 Å². The van der Waals surface area contributed by atoms with Gasteiger partial charge in [0.1, 0.15) is 0 Å². The number of rotatable bonds is 0. The van der Waals surface area contributed by atoms with Gasteiger partial charge in [-0.25, -0.2) is 0 Å². The first kappa shape index (κ1) is 17.9. The van der Waals surface area contributed by atoms with Crippen molar-refractivity contribution in [2.75, 3.05) is 13.1 Å². The Morgan fingerprint density at radius 3 is 1.64 bits per heavy atom. The van der Waals surface area contributed by atoms with E-state index in [9.17, 15) is 0 Å². The largest absolute Gasteiger partial charge is 0.662 e. The predicted molar refractivity (Wildman–Crippen MR) is 49.6 cm³/mol. The summed E-state index contributed by atoms with van der Waals surface area (Å²) in [5.74, 6) is 0.942. The molecule has 1 aliphatic heterocycles. The third-order valence-electron chi connectivity index (χ3n) is 1.56. The number of piperidine rings is 1. The molecule has 1 nitrogen and oxygen atoms in total. The van der Waals surface area contributed by atoms with Crippen LogP contribution in [0.2, 0.25) is 0 Å². The van der Waals surface area contributed by atoms with Gasteiger partial charge in [0.2, 0.25) is 0 Å². The minimum absolute atomic E-state index is 0. The van der Waals surface area contributed by atoms with Crippen LogP contribution in [0.1, 0.15) is 41.0 Å². The first-order valence-electron chi connectivity index (χ1n) is 4.03. The van der Waals surface area contributed by atoms with Gasteiger partial charge in [0, 0.05) is 31.1 Å². The second-order valence-electron chi connectivity index (χ2n) is 2.35. The molecule has 1 saturated heterocycles. The van der Waals surface area contributed by atoms with Gasteiger partial charge in [0.25, 0.3) is 0 Å². The molecule has 11 heavy (non-hydrogen) atoms. The van der Waals surface area contributed by atoms with E-state index in [0.717, 1.165) is 19.0 Å². The van der Waals surface area contributed by atoms with Crippen molar-refractivity contribution < 1.29 is 31.1 Å². The molecule has 0 atom stereocenters. The van der Waals surface area contributed by atoms with Crippen LogP contribution >= 0.6 is 0 Å². The molecule has 0 aromatic heterocycles. The molecule has 0 bridgehead atoms. The van der Waals surface area contributed by atoms with E-state index in [-0.39, 0.29) is 38.5 Å². The molecule has 0 aromatic rings. The molecular formula is C9H22NU-. The fourth-order valence-electron chi connectivity index (χ4n) is 0.879. The molecule has 1 rings (SSSR count). The normalized spacial score (nSPS) is 16.6. The van der Waals surface area contributed by atoms with E-state index in [1.54, 1.807) is 0 Å². The Balaban J connectivity index is -0.000000149. The van der Waals surface area contributed by atoms with Gasteiger partial charge >= 0.3 is 0 Å². The molecule has 1 fully saturated rings. The minimum Gasteiger partial charge on any atom is -0.662 e. The Labute approximate surface area is 96.1 Å². The summed E-state index contributed by atoms with van der Waals surface area (Å²) in [4.78, 5) is 0. The topological polar surface area (TPSA) is 14.1 Å². The first-order chi connectivity index (χ1) is 4.39. The Morgan fingerprint density at radius 2 is 1.45 bits per heavy atom. The second-order valence-corrected chi connectivity index (χ2v) is 2.35. The quantitative estimate of drug-likeness (QED) is 0.610. The maximum absolute atomic E-state index is 4.23. The monoisotopic (exact) mass is 382 g/mol. The van der Waals surface area contributed by atoms with Crippen molar-refractivity contribution in [2.45, 2.75) is 41.0 Å². The van der Waals surface area contributed by atoms with E-state index in [1.807, 2.05) is 13.8 Å². The predicted octanol–water partition coefficient (Wildman–Crippen LogP) is 3.45. The molecule has 0 unspecified atom stereocenters. The van der Waals surface area contributed by atoms with Crippen LogP contribution in [-0.2, 0) is 0 Å². The van der Waals surface area contributed by atoms with Crippen LogP contribution in [0.15, 0.2) is 0 Å². The zero-order valence-electron chi connectivity index (χ0n) is 7.35. The summed E-state index contributed by atoms with van der Waals surface area (Å²) >= 11 is 0. The van der Waals surface area contributed by atoms with Gasteiger partial charge in [-0.3, -0.25) is 0 Å². The zero-order chi connectivity index (χ0) is 7.11. The Kier molecular flexibility index (Phi) is 22.2. The van der Waals surface area contributed by atoms with E-state index in [0.29, 0.717) is 0 Å². The summed E-state index contributed by atoms with van der Waals surface area (Å²) in [6, 6.07) is 0. The zero-order valence-corrected chi connectivity index (χ0v) is 11.5. The summed E-state index contributed by atoms with van der Waals surface area (Å²) in [5, 5.41) is 4.23. The van der Waals surface area contributed by atoms with Crippen molar-refractivity contribution in [2.24, 2.45) is 5.92 Å². The Morgan fingerprint density at radius 1 is 1.09 bits per heavy atom. The van der Waals surface area contributed by atoms with Gasteiger partial charge in [-0.1, -0.05) is 41.0 Å². The van der Waals surface area contributed by atoms with Crippen LogP contribution < -0.4 is 0 Å². The molecule has 0 amide bonds. The smallest absolute Gasteiger partial charge is 0 e. The van der Waals surface area contributed by atoms with Gasteiger partial charge in [0.05, 0.1) is 0 Å². The van der Waals surface area contributed by atoms with Crippen molar-refractivity contribution in [3.8, 4) is 0 Å². The molecule has 0 saturated carbocycles.